The van der Waals surface area contributed by atoms with Crippen LogP contribution in [0.3, 0.4) is 0 Å². The molecule has 0 unspecified atom stereocenters. The molecule has 0 radical (unpaired) electrons. The lowest BCUT2D eigenvalue weighted by Crippen LogP contribution is -2.31. The van der Waals surface area contributed by atoms with Crippen LogP contribution in [0.25, 0.3) is 0 Å². The fourth-order valence-corrected chi connectivity index (χ4v) is 4.32. The van der Waals surface area contributed by atoms with Gasteiger partial charge in [0.1, 0.15) is 0 Å². The van der Waals surface area contributed by atoms with Crippen LogP contribution >= 0.6 is 34.9 Å². The monoisotopic (exact) mass is 334 g/mol. The molecular weight excluding hydrogens is 316 g/mol. The van der Waals surface area contributed by atoms with Crippen LogP contribution in [-0.2, 0) is 9.59 Å². The van der Waals surface area contributed by atoms with Crippen molar-refractivity contribution in [2.24, 2.45) is 5.73 Å². The molecule has 0 aliphatic heterocycles. The van der Waals surface area contributed by atoms with Gasteiger partial charge < -0.3 is 10.6 Å². The predicted molar refractivity (Wildman–Crippen MR) is 83.1 cm³/mol. The van der Waals surface area contributed by atoms with E-state index in [1.165, 1.54) is 34.9 Å². The van der Waals surface area contributed by atoms with Gasteiger partial charge in [0.2, 0.25) is 11.8 Å². The summed E-state index contributed by atoms with van der Waals surface area (Å²) in [7, 11) is 0. The van der Waals surface area contributed by atoms with Crippen LogP contribution in [0.4, 0.5) is 0 Å². The van der Waals surface area contributed by atoms with Gasteiger partial charge in [0.05, 0.1) is 11.0 Å². The topological polar surface area (TPSA) is 89.2 Å². The molecule has 0 bridgehead atoms. The van der Waals surface area contributed by atoms with Crippen molar-refractivity contribution < 1.29 is 9.59 Å². The molecule has 20 heavy (non-hydrogen) atoms. The van der Waals surface area contributed by atoms with E-state index in [0.29, 0.717) is 23.2 Å². The summed E-state index contributed by atoms with van der Waals surface area (Å²) in [4.78, 5) is 24.6. The number of aromatic nitrogens is 2. The highest BCUT2D eigenvalue weighted by molar-refractivity contribution is 8.04. The first-order valence-electron chi connectivity index (χ1n) is 6.17. The van der Waals surface area contributed by atoms with E-state index in [1.54, 1.807) is 11.8 Å². The summed E-state index contributed by atoms with van der Waals surface area (Å²) in [6.45, 7) is 7.06. The molecule has 9 heteroatoms. The first-order chi connectivity index (χ1) is 9.47. The molecule has 0 aliphatic rings. The number of thioether (sulfide) groups is 2. The lowest BCUT2D eigenvalue weighted by Gasteiger charge is -2.17. The fraction of sp³-hybridized carbons (Fsp3) is 0.636. The zero-order valence-corrected chi connectivity index (χ0v) is 14.1. The number of rotatable bonds is 8. The van der Waals surface area contributed by atoms with Gasteiger partial charge in [-0.2, -0.15) is 0 Å². The van der Waals surface area contributed by atoms with E-state index in [9.17, 15) is 9.59 Å². The number of nitrogens with two attached hydrogens (primary N) is 1. The van der Waals surface area contributed by atoms with Crippen molar-refractivity contribution in [3.63, 3.8) is 0 Å². The Balaban J connectivity index is 2.48. The second-order valence-electron chi connectivity index (χ2n) is 3.85. The molecule has 2 amide bonds. The molecule has 1 atom stereocenters. The van der Waals surface area contributed by atoms with E-state index in [2.05, 4.69) is 10.2 Å². The average Bonchev–Trinajstić information content (AvgIpc) is 2.85. The van der Waals surface area contributed by atoms with Crippen LogP contribution in [0.2, 0.25) is 0 Å². The van der Waals surface area contributed by atoms with E-state index in [4.69, 9.17) is 5.73 Å². The van der Waals surface area contributed by atoms with Gasteiger partial charge in [-0.1, -0.05) is 34.9 Å². The summed E-state index contributed by atoms with van der Waals surface area (Å²) in [6.07, 6.45) is 0. The van der Waals surface area contributed by atoms with Crippen LogP contribution in [0.1, 0.15) is 20.8 Å². The first kappa shape index (κ1) is 17.3. The van der Waals surface area contributed by atoms with E-state index in [0.717, 1.165) is 4.34 Å². The number of hydrogen-bond donors (Lipinski definition) is 1. The Labute approximate surface area is 130 Å². The largest absolute Gasteiger partial charge is 0.369 e. The molecule has 0 saturated heterocycles. The molecule has 1 aromatic rings. The minimum absolute atomic E-state index is 0.0925. The van der Waals surface area contributed by atoms with Crippen molar-refractivity contribution in [1.29, 1.82) is 0 Å². The minimum Gasteiger partial charge on any atom is -0.369 e. The van der Waals surface area contributed by atoms with Crippen molar-refractivity contribution in [3.8, 4) is 0 Å². The Kier molecular flexibility index (Phi) is 7.31. The van der Waals surface area contributed by atoms with Gasteiger partial charge in [-0.15, -0.1) is 10.2 Å². The molecule has 6 nitrogen and oxygen atoms in total. The third kappa shape index (κ3) is 5.29. The minimum atomic E-state index is -0.379. The maximum absolute atomic E-state index is 11.8. The van der Waals surface area contributed by atoms with Crippen LogP contribution in [-0.4, -0.2) is 51.0 Å². The predicted octanol–water partition coefficient (Wildman–Crippen LogP) is 1.46. The second kappa shape index (κ2) is 8.48. The van der Waals surface area contributed by atoms with Gasteiger partial charge >= 0.3 is 0 Å². The Bertz CT molecular complexity index is 462. The number of nitrogens with zero attached hydrogens (tertiary/aromatic N) is 3. The lowest BCUT2D eigenvalue weighted by molar-refractivity contribution is -0.128. The average molecular weight is 334 g/mol. The van der Waals surface area contributed by atoms with E-state index < -0.39 is 0 Å². The number of carbonyl (C=O) groups excluding carboxylic acids is 2. The maximum atomic E-state index is 11.8. The molecule has 0 aromatic carbocycles. The van der Waals surface area contributed by atoms with Crippen LogP contribution in [0, 0.1) is 0 Å². The van der Waals surface area contributed by atoms with Gasteiger partial charge in [-0.25, -0.2) is 0 Å². The van der Waals surface area contributed by atoms with Crippen molar-refractivity contribution in [2.75, 3.05) is 18.8 Å². The first-order valence-corrected chi connectivity index (χ1v) is 8.86. The summed E-state index contributed by atoms with van der Waals surface area (Å²) in [5, 5.41) is 7.64. The summed E-state index contributed by atoms with van der Waals surface area (Å²) >= 11 is 4.02. The molecule has 0 fully saturated rings. The van der Waals surface area contributed by atoms with Gasteiger partial charge in [-0.05, 0) is 20.8 Å². The van der Waals surface area contributed by atoms with Crippen LogP contribution < -0.4 is 5.73 Å². The molecular formula is C11H18N4O2S3. The normalized spacial score (nSPS) is 12.2. The highest BCUT2D eigenvalue weighted by atomic mass is 32.2. The van der Waals surface area contributed by atoms with E-state index in [-0.39, 0.29) is 17.1 Å². The third-order valence-corrected chi connectivity index (χ3v) is 5.75. The standard InChI is InChI=1S/C11H18N4O2S3/c1-4-15(5-2)8(16)6-18-10-13-14-11(20-10)19-7(3)9(12)17/h7H,4-6H2,1-3H3,(H2,12,17)/t7-/m1/s1. The van der Waals surface area contributed by atoms with Crippen LogP contribution in [0.15, 0.2) is 8.68 Å². The zero-order chi connectivity index (χ0) is 15.1. The Hall–Kier alpha value is -0.800. The maximum Gasteiger partial charge on any atom is 0.233 e. The van der Waals surface area contributed by atoms with Crippen molar-refractivity contribution >= 4 is 46.7 Å². The fourth-order valence-electron chi connectivity index (χ4n) is 1.30. The van der Waals surface area contributed by atoms with Gasteiger partial charge in [0.15, 0.2) is 8.68 Å². The second-order valence-corrected chi connectivity index (χ2v) is 7.64. The Morgan fingerprint density at radius 1 is 1.30 bits per heavy atom. The lowest BCUT2D eigenvalue weighted by atomic mass is 10.5. The molecule has 112 valence electrons. The van der Waals surface area contributed by atoms with E-state index in [1.807, 2.05) is 13.8 Å². The number of amides is 2. The van der Waals surface area contributed by atoms with Gasteiger partial charge in [0, 0.05) is 13.1 Å². The number of primary amides is 1. The van der Waals surface area contributed by atoms with Crippen molar-refractivity contribution in [1.82, 2.24) is 15.1 Å². The molecule has 2 N–H and O–H groups in total. The number of hydrogen-bond acceptors (Lipinski definition) is 7. The molecule has 0 aliphatic carbocycles. The summed E-state index contributed by atoms with van der Waals surface area (Å²) < 4.78 is 1.42. The zero-order valence-electron chi connectivity index (χ0n) is 11.7. The Morgan fingerprint density at radius 2 is 1.90 bits per heavy atom. The van der Waals surface area contributed by atoms with Crippen LogP contribution in [0.5, 0.6) is 0 Å². The highest BCUT2D eigenvalue weighted by Crippen LogP contribution is 2.31. The molecule has 1 rings (SSSR count). The number of carbonyl (C=O) groups is 2. The van der Waals surface area contributed by atoms with Gasteiger partial charge in [-0.3, -0.25) is 9.59 Å². The summed E-state index contributed by atoms with van der Waals surface area (Å²) in [5.74, 6) is 0.0674. The van der Waals surface area contributed by atoms with E-state index >= 15 is 0 Å². The van der Waals surface area contributed by atoms with Crippen molar-refractivity contribution in [2.45, 2.75) is 34.7 Å². The summed E-state index contributed by atoms with van der Waals surface area (Å²) in [6, 6.07) is 0. The smallest absolute Gasteiger partial charge is 0.233 e. The molecule has 1 heterocycles. The quantitative estimate of drug-likeness (QED) is 0.724. The molecule has 0 spiro atoms. The summed E-state index contributed by atoms with van der Waals surface area (Å²) in [5.41, 5.74) is 5.19. The Morgan fingerprint density at radius 3 is 2.45 bits per heavy atom. The van der Waals surface area contributed by atoms with Crippen molar-refractivity contribution in [3.05, 3.63) is 0 Å². The third-order valence-electron chi connectivity index (χ3n) is 2.50. The molecule has 1 aromatic heterocycles. The highest BCUT2D eigenvalue weighted by Gasteiger charge is 2.16. The SMILES string of the molecule is CCN(CC)C(=O)CSc1nnc(S[C@H](C)C(N)=O)s1. The molecule has 0 saturated carbocycles. The van der Waals surface area contributed by atoms with Gasteiger partial charge in [0.25, 0.3) is 0 Å².